The SMILES string of the molecule is C=C(C(=O)N(CC)CC)C(F)(F)F. The molecule has 0 saturated heterocycles. The Kier molecular flexibility index (Phi) is 3.97. The lowest BCUT2D eigenvalue weighted by molar-refractivity contribution is -0.139. The van der Waals surface area contributed by atoms with Crippen LogP contribution in [0.25, 0.3) is 0 Å². The summed E-state index contributed by atoms with van der Waals surface area (Å²) in [5.74, 6) is -1.04. The number of rotatable bonds is 3. The molecule has 0 aliphatic rings. The van der Waals surface area contributed by atoms with Crippen LogP contribution in [0.15, 0.2) is 12.2 Å². The molecule has 0 aliphatic carbocycles. The van der Waals surface area contributed by atoms with Gasteiger partial charge in [-0.1, -0.05) is 6.58 Å². The van der Waals surface area contributed by atoms with Crippen molar-refractivity contribution in [2.24, 2.45) is 0 Å². The van der Waals surface area contributed by atoms with Crippen LogP contribution in [0.4, 0.5) is 13.2 Å². The van der Waals surface area contributed by atoms with Gasteiger partial charge in [-0.2, -0.15) is 13.2 Å². The third-order valence-corrected chi connectivity index (χ3v) is 1.65. The zero-order chi connectivity index (χ0) is 10.6. The first-order valence-electron chi connectivity index (χ1n) is 3.89. The highest BCUT2D eigenvalue weighted by Gasteiger charge is 2.38. The highest BCUT2D eigenvalue weighted by Crippen LogP contribution is 2.25. The van der Waals surface area contributed by atoms with Crippen molar-refractivity contribution in [1.82, 2.24) is 4.90 Å². The maximum absolute atomic E-state index is 12.0. The molecule has 0 saturated carbocycles. The van der Waals surface area contributed by atoms with E-state index in [1.807, 2.05) is 0 Å². The fraction of sp³-hybridized carbons (Fsp3) is 0.625. The Balaban J connectivity index is 4.51. The van der Waals surface area contributed by atoms with Crippen LogP contribution in [-0.4, -0.2) is 30.1 Å². The first-order chi connectivity index (χ1) is 5.84. The number of hydrogen-bond donors (Lipinski definition) is 0. The van der Waals surface area contributed by atoms with Gasteiger partial charge in [0.1, 0.15) is 5.57 Å². The Bertz CT molecular complexity index is 206. The van der Waals surface area contributed by atoms with Crippen LogP contribution in [0.1, 0.15) is 13.8 Å². The highest BCUT2D eigenvalue weighted by molar-refractivity contribution is 5.94. The van der Waals surface area contributed by atoms with Crippen LogP contribution in [0.3, 0.4) is 0 Å². The van der Waals surface area contributed by atoms with E-state index in [9.17, 15) is 18.0 Å². The summed E-state index contributed by atoms with van der Waals surface area (Å²) in [6.07, 6.45) is -4.63. The number of hydrogen-bond acceptors (Lipinski definition) is 1. The molecule has 0 aromatic heterocycles. The van der Waals surface area contributed by atoms with Gasteiger partial charge >= 0.3 is 6.18 Å². The second kappa shape index (κ2) is 4.30. The molecule has 1 amide bonds. The summed E-state index contributed by atoms with van der Waals surface area (Å²) >= 11 is 0. The zero-order valence-electron chi connectivity index (χ0n) is 7.61. The van der Waals surface area contributed by atoms with Gasteiger partial charge in [-0.15, -0.1) is 0 Å². The van der Waals surface area contributed by atoms with Gasteiger partial charge in [0.25, 0.3) is 5.91 Å². The van der Waals surface area contributed by atoms with E-state index >= 15 is 0 Å². The van der Waals surface area contributed by atoms with Gasteiger partial charge in [-0.25, -0.2) is 0 Å². The van der Waals surface area contributed by atoms with Crippen molar-refractivity contribution in [2.75, 3.05) is 13.1 Å². The molecule has 0 bridgehead atoms. The number of alkyl halides is 3. The summed E-state index contributed by atoms with van der Waals surface area (Å²) in [7, 11) is 0. The van der Waals surface area contributed by atoms with Crippen LogP contribution in [-0.2, 0) is 4.79 Å². The molecular weight excluding hydrogens is 183 g/mol. The fourth-order valence-electron chi connectivity index (χ4n) is 0.823. The van der Waals surface area contributed by atoms with E-state index in [0.29, 0.717) is 0 Å². The molecule has 0 radical (unpaired) electrons. The number of carbonyl (C=O) groups excluding carboxylic acids is 1. The lowest BCUT2D eigenvalue weighted by Gasteiger charge is -2.20. The summed E-state index contributed by atoms with van der Waals surface area (Å²) < 4.78 is 36.0. The molecule has 0 unspecified atom stereocenters. The lowest BCUT2D eigenvalue weighted by Crippen LogP contribution is -2.35. The fourth-order valence-corrected chi connectivity index (χ4v) is 0.823. The standard InChI is InChI=1S/C8H12F3NO/c1-4-12(5-2)7(13)6(3)8(9,10)11/h3-5H2,1-2H3. The van der Waals surface area contributed by atoms with Crippen molar-refractivity contribution in [3.63, 3.8) is 0 Å². The molecule has 0 aromatic rings. The Morgan fingerprint density at radius 3 is 1.92 bits per heavy atom. The smallest absolute Gasteiger partial charge is 0.339 e. The number of nitrogens with zero attached hydrogens (tertiary/aromatic N) is 1. The van der Waals surface area contributed by atoms with E-state index in [-0.39, 0.29) is 13.1 Å². The molecule has 0 spiro atoms. The second-order valence-electron chi connectivity index (χ2n) is 2.45. The lowest BCUT2D eigenvalue weighted by atomic mass is 10.2. The maximum Gasteiger partial charge on any atom is 0.421 e. The van der Waals surface area contributed by atoms with Crippen LogP contribution in [0.5, 0.6) is 0 Å². The van der Waals surface area contributed by atoms with Gasteiger partial charge < -0.3 is 4.90 Å². The minimum atomic E-state index is -4.63. The normalized spacial score (nSPS) is 11.2. The Hall–Kier alpha value is -1.00. The van der Waals surface area contributed by atoms with Crippen LogP contribution in [0, 0.1) is 0 Å². The van der Waals surface area contributed by atoms with Crippen LogP contribution in [0.2, 0.25) is 0 Å². The summed E-state index contributed by atoms with van der Waals surface area (Å²) in [6, 6.07) is 0. The summed E-state index contributed by atoms with van der Waals surface area (Å²) in [6.45, 7) is 6.47. The minimum absolute atomic E-state index is 0.254. The van der Waals surface area contributed by atoms with Crippen molar-refractivity contribution in [1.29, 1.82) is 0 Å². The second-order valence-corrected chi connectivity index (χ2v) is 2.45. The first-order valence-corrected chi connectivity index (χ1v) is 3.89. The third-order valence-electron chi connectivity index (χ3n) is 1.65. The molecular formula is C8H12F3NO. The minimum Gasteiger partial charge on any atom is -0.339 e. The third kappa shape index (κ3) is 3.08. The predicted molar refractivity (Wildman–Crippen MR) is 43.1 cm³/mol. The molecule has 0 aromatic carbocycles. The molecule has 5 heteroatoms. The van der Waals surface area contributed by atoms with Crippen molar-refractivity contribution in [3.8, 4) is 0 Å². The molecule has 0 fully saturated rings. The largest absolute Gasteiger partial charge is 0.421 e. The van der Waals surface area contributed by atoms with E-state index in [1.54, 1.807) is 13.8 Å². The van der Waals surface area contributed by atoms with E-state index < -0.39 is 17.7 Å². The van der Waals surface area contributed by atoms with Gasteiger partial charge in [0.05, 0.1) is 0 Å². The van der Waals surface area contributed by atoms with Crippen LogP contribution < -0.4 is 0 Å². The number of likely N-dealkylation sites (N-methyl/N-ethyl adjacent to an activating group) is 1. The Morgan fingerprint density at radius 1 is 1.31 bits per heavy atom. The average Bonchev–Trinajstić information content (AvgIpc) is 2.03. The van der Waals surface area contributed by atoms with Gasteiger partial charge in [-0.05, 0) is 13.8 Å². The molecule has 0 N–H and O–H groups in total. The van der Waals surface area contributed by atoms with E-state index in [0.717, 1.165) is 4.90 Å². The molecule has 13 heavy (non-hydrogen) atoms. The monoisotopic (exact) mass is 195 g/mol. The molecule has 0 atom stereocenters. The van der Waals surface area contributed by atoms with Crippen molar-refractivity contribution >= 4 is 5.91 Å². The van der Waals surface area contributed by atoms with Gasteiger partial charge in [0.15, 0.2) is 0 Å². The maximum atomic E-state index is 12.0. The predicted octanol–water partition coefficient (Wildman–Crippen LogP) is 1.97. The number of halogens is 3. The van der Waals surface area contributed by atoms with Crippen molar-refractivity contribution < 1.29 is 18.0 Å². The van der Waals surface area contributed by atoms with Crippen LogP contribution >= 0.6 is 0 Å². The van der Waals surface area contributed by atoms with Gasteiger partial charge in [0.2, 0.25) is 0 Å². The molecule has 2 nitrogen and oxygen atoms in total. The van der Waals surface area contributed by atoms with E-state index in [4.69, 9.17) is 0 Å². The number of amides is 1. The van der Waals surface area contributed by atoms with Crippen molar-refractivity contribution in [2.45, 2.75) is 20.0 Å². The Morgan fingerprint density at radius 2 is 1.69 bits per heavy atom. The summed E-state index contributed by atoms with van der Waals surface area (Å²) in [5.41, 5.74) is -1.31. The highest BCUT2D eigenvalue weighted by atomic mass is 19.4. The summed E-state index contributed by atoms with van der Waals surface area (Å²) in [5, 5.41) is 0. The molecule has 0 aliphatic heterocycles. The van der Waals surface area contributed by atoms with Gasteiger partial charge in [0, 0.05) is 13.1 Å². The molecule has 76 valence electrons. The zero-order valence-corrected chi connectivity index (χ0v) is 7.61. The van der Waals surface area contributed by atoms with Crippen molar-refractivity contribution in [3.05, 3.63) is 12.2 Å². The van der Waals surface area contributed by atoms with E-state index in [2.05, 4.69) is 6.58 Å². The molecule has 0 heterocycles. The van der Waals surface area contributed by atoms with Gasteiger partial charge in [-0.3, -0.25) is 4.79 Å². The average molecular weight is 195 g/mol. The Labute approximate surface area is 75.0 Å². The first kappa shape index (κ1) is 12.0. The quantitative estimate of drug-likeness (QED) is 0.630. The molecule has 0 rings (SSSR count). The number of carbonyl (C=O) groups is 1. The summed E-state index contributed by atoms with van der Waals surface area (Å²) in [4.78, 5) is 12.1. The van der Waals surface area contributed by atoms with E-state index in [1.165, 1.54) is 0 Å². The topological polar surface area (TPSA) is 20.3 Å².